The second-order valence-electron chi connectivity index (χ2n) is 8.04. The molecule has 2 unspecified atom stereocenters. The number of hydrogen-bond acceptors (Lipinski definition) is 6. The molecular formula is C21H27N5O2. The lowest BCUT2D eigenvalue weighted by Gasteiger charge is -2.34. The largest absolute Gasteiger partial charge is 0.494 e. The van der Waals surface area contributed by atoms with Crippen molar-refractivity contribution in [3.05, 3.63) is 41.7 Å². The summed E-state index contributed by atoms with van der Waals surface area (Å²) in [4.78, 5) is 13.4. The van der Waals surface area contributed by atoms with Gasteiger partial charge in [0, 0.05) is 68.1 Å². The lowest BCUT2D eigenvalue weighted by molar-refractivity contribution is 0.248. The van der Waals surface area contributed by atoms with Gasteiger partial charge in [-0.2, -0.15) is 0 Å². The molecule has 2 bridgehead atoms. The standard InChI is InChI=1S/C21H27N5O2/c27-19-17-15-4-5-16(14-15)18(17)20(28)26(19)9-2-1-8-24-10-12-25(13-11-24)21-22-6-3-7-23-21/h3-7,15-16,27-28H,1-2,8-14H2. The minimum absolute atomic E-state index is 0.279. The molecule has 0 aromatic carbocycles. The lowest BCUT2D eigenvalue weighted by Crippen LogP contribution is -2.47. The third kappa shape index (κ3) is 2.94. The molecule has 0 amide bonds. The van der Waals surface area contributed by atoms with Gasteiger partial charge in [-0.05, 0) is 31.9 Å². The fraction of sp³-hybridized carbons (Fsp3) is 0.524. The SMILES string of the molecule is Oc1c2c(c(O)n1CCCCN1CCN(c3ncccn3)CC1)C1C=CC2C1. The molecule has 148 valence electrons. The number of hydrogen-bond donors (Lipinski definition) is 2. The van der Waals surface area contributed by atoms with Crippen LogP contribution in [0.25, 0.3) is 0 Å². The molecule has 0 spiro atoms. The molecule has 7 heteroatoms. The smallest absolute Gasteiger partial charge is 0.225 e. The van der Waals surface area contributed by atoms with Gasteiger partial charge in [0.05, 0.1) is 0 Å². The summed E-state index contributed by atoms with van der Waals surface area (Å²) in [6.45, 7) is 5.64. The van der Waals surface area contributed by atoms with Crippen LogP contribution >= 0.6 is 0 Å². The van der Waals surface area contributed by atoms with Crippen LogP contribution in [0.15, 0.2) is 30.6 Å². The Morgan fingerprint density at radius 1 is 0.857 bits per heavy atom. The fourth-order valence-corrected chi connectivity index (χ4v) is 4.93. The maximum atomic E-state index is 10.6. The molecule has 3 aliphatic rings. The average Bonchev–Trinajstić information content (AvgIpc) is 3.41. The monoisotopic (exact) mass is 381 g/mol. The van der Waals surface area contributed by atoms with E-state index in [9.17, 15) is 10.2 Å². The normalized spacial score (nSPS) is 23.5. The molecular weight excluding hydrogens is 354 g/mol. The number of rotatable bonds is 6. The first kappa shape index (κ1) is 17.6. The van der Waals surface area contributed by atoms with Crippen molar-refractivity contribution in [1.82, 2.24) is 19.4 Å². The van der Waals surface area contributed by atoms with Gasteiger partial charge >= 0.3 is 0 Å². The highest BCUT2D eigenvalue weighted by Gasteiger charge is 2.40. The van der Waals surface area contributed by atoms with E-state index in [0.717, 1.165) is 69.1 Å². The van der Waals surface area contributed by atoms with Gasteiger partial charge in [0.25, 0.3) is 0 Å². The summed E-state index contributed by atoms with van der Waals surface area (Å²) >= 11 is 0. The van der Waals surface area contributed by atoms with E-state index in [2.05, 4.69) is 31.9 Å². The van der Waals surface area contributed by atoms with Crippen LogP contribution in [0.5, 0.6) is 11.8 Å². The quantitative estimate of drug-likeness (QED) is 0.591. The minimum Gasteiger partial charge on any atom is -0.494 e. The average molecular weight is 381 g/mol. The second-order valence-corrected chi connectivity index (χ2v) is 8.04. The summed E-state index contributed by atoms with van der Waals surface area (Å²) in [5, 5.41) is 21.2. The predicted octanol–water partition coefficient (Wildman–Crippen LogP) is 2.43. The van der Waals surface area contributed by atoms with Crippen molar-refractivity contribution in [2.45, 2.75) is 37.6 Å². The van der Waals surface area contributed by atoms with Gasteiger partial charge in [0.2, 0.25) is 5.95 Å². The number of nitrogens with zero attached hydrogens (tertiary/aromatic N) is 5. The van der Waals surface area contributed by atoms with Crippen molar-refractivity contribution in [2.75, 3.05) is 37.6 Å². The number of piperazine rings is 1. The van der Waals surface area contributed by atoms with Gasteiger partial charge in [-0.25, -0.2) is 9.97 Å². The zero-order valence-corrected chi connectivity index (χ0v) is 16.0. The maximum absolute atomic E-state index is 10.6. The van der Waals surface area contributed by atoms with Gasteiger partial charge < -0.3 is 15.1 Å². The highest BCUT2D eigenvalue weighted by Crippen LogP contribution is 2.56. The van der Waals surface area contributed by atoms with E-state index in [1.165, 1.54) is 0 Å². The summed E-state index contributed by atoms with van der Waals surface area (Å²) in [7, 11) is 0. The number of unbranched alkanes of at least 4 members (excludes halogenated alkanes) is 1. The van der Waals surface area contributed by atoms with E-state index >= 15 is 0 Å². The maximum Gasteiger partial charge on any atom is 0.225 e. The van der Waals surface area contributed by atoms with Crippen LogP contribution in [0.3, 0.4) is 0 Å². The minimum atomic E-state index is 0.279. The molecule has 2 aromatic heterocycles. The van der Waals surface area contributed by atoms with E-state index in [1.807, 2.05) is 6.07 Å². The van der Waals surface area contributed by atoms with Crippen molar-refractivity contribution < 1.29 is 10.2 Å². The van der Waals surface area contributed by atoms with Crippen molar-refractivity contribution in [3.63, 3.8) is 0 Å². The number of aromatic hydroxyl groups is 2. The Bertz CT molecular complexity index is 835. The highest BCUT2D eigenvalue weighted by molar-refractivity contribution is 5.58. The third-order valence-corrected chi connectivity index (χ3v) is 6.42. The summed E-state index contributed by atoms with van der Waals surface area (Å²) in [6, 6.07) is 1.84. The van der Waals surface area contributed by atoms with Crippen LogP contribution in [0.1, 0.15) is 42.2 Å². The Morgan fingerprint density at radius 2 is 1.46 bits per heavy atom. The summed E-state index contributed by atoms with van der Waals surface area (Å²) < 4.78 is 1.71. The third-order valence-electron chi connectivity index (χ3n) is 6.42. The summed E-state index contributed by atoms with van der Waals surface area (Å²) in [6.07, 6.45) is 10.9. The van der Waals surface area contributed by atoms with Gasteiger partial charge in [0.15, 0.2) is 11.8 Å². The topological polar surface area (TPSA) is 77.7 Å². The molecule has 2 atom stereocenters. The van der Waals surface area contributed by atoms with Gasteiger partial charge in [-0.1, -0.05) is 12.2 Å². The molecule has 2 aromatic rings. The number of aromatic nitrogens is 3. The first-order valence-electron chi connectivity index (χ1n) is 10.3. The van der Waals surface area contributed by atoms with E-state index < -0.39 is 0 Å². The van der Waals surface area contributed by atoms with Crippen LogP contribution in [-0.2, 0) is 6.54 Å². The Morgan fingerprint density at radius 3 is 2.11 bits per heavy atom. The summed E-state index contributed by atoms with van der Waals surface area (Å²) in [5.41, 5.74) is 1.92. The molecule has 7 nitrogen and oxygen atoms in total. The molecule has 2 aliphatic carbocycles. The Kier molecular flexibility index (Phi) is 4.47. The second kappa shape index (κ2) is 7.13. The van der Waals surface area contributed by atoms with E-state index in [-0.39, 0.29) is 23.6 Å². The van der Waals surface area contributed by atoms with Crippen molar-refractivity contribution >= 4 is 5.95 Å². The van der Waals surface area contributed by atoms with E-state index in [4.69, 9.17) is 0 Å². The lowest BCUT2D eigenvalue weighted by atomic mass is 10.0. The fourth-order valence-electron chi connectivity index (χ4n) is 4.93. The van der Waals surface area contributed by atoms with Gasteiger partial charge in [-0.15, -0.1) is 0 Å². The molecule has 0 saturated carbocycles. The zero-order valence-electron chi connectivity index (χ0n) is 16.0. The number of fused-ring (bicyclic) bond motifs is 5. The molecule has 1 aliphatic heterocycles. The Balaban J connectivity index is 1.10. The highest BCUT2D eigenvalue weighted by atomic mass is 16.3. The number of anilines is 1. The molecule has 28 heavy (non-hydrogen) atoms. The molecule has 2 N–H and O–H groups in total. The van der Waals surface area contributed by atoms with Crippen LogP contribution in [0.4, 0.5) is 5.95 Å². The van der Waals surface area contributed by atoms with Crippen LogP contribution in [0.2, 0.25) is 0 Å². The first-order chi connectivity index (χ1) is 13.7. The van der Waals surface area contributed by atoms with Gasteiger partial charge in [-0.3, -0.25) is 9.47 Å². The van der Waals surface area contributed by atoms with Crippen molar-refractivity contribution in [1.29, 1.82) is 0 Å². The molecule has 3 heterocycles. The molecule has 5 rings (SSSR count). The van der Waals surface area contributed by atoms with Crippen LogP contribution in [0, 0.1) is 0 Å². The van der Waals surface area contributed by atoms with Crippen molar-refractivity contribution in [3.8, 4) is 11.8 Å². The van der Waals surface area contributed by atoms with Gasteiger partial charge in [0.1, 0.15) is 0 Å². The van der Waals surface area contributed by atoms with Crippen LogP contribution in [-0.4, -0.2) is 62.4 Å². The van der Waals surface area contributed by atoms with Crippen molar-refractivity contribution in [2.24, 2.45) is 0 Å². The molecule has 1 fully saturated rings. The summed E-state index contributed by atoms with van der Waals surface area (Å²) in [5.74, 6) is 1.95. The Hall–Kier alpha value is -2.54. The first-order valence-corrected chi connectivity index (χ1v) is 10.3. The zero-order chi connectivity index (χ0) is 19.1. The number of allylic oxidation sites excluding steroid dienone is 2. The molecule has 0 radical (unpaired) electrons. The predicted molar refractivity (Wildman–Crippen MR) is 107 cm³/mol. The molecule has 1 saturated heterocycles. The van der Waals surface area contributed by atoms with Crippen LogP contribution < -0.4 is 4.90 Å². The van der Waals surface area contributed by atoms with E-state index in [1.54, 1.807) is 17.0 Å². The van der Waals surface area contributed by atoms with E-state index in [0.29, 0.717) is 6.54 Å². The Labute approximate surface area is 164 Å².